The molecule has 0 saturated heterocycles. The number of carboxylic acid groups (broad SMARTS) is 1. The third-order valence-electron chi connectivity index (χ3n) is 2.93. The summed E-state index contributed by atoms with van der Waals surface area (Å²) in [5.41, 5.74) is -0.0205. The summed E-state index contributed by atoms with van der Waals surface area (Å²) in [5.74, 6) is -1.23. The molecule has 0 bridgehead atoms. The summed E-state index contributed by atoms with van der Waals surface area (Å²) in [4.78, 5) is 25.0. The SMILES string of the molecule is CC(C)N(C(=O)COc1cc(Cl)ccc1C(=O)O)C(C)C. The normalized spacial score (nSPS) is 10.8. The van der Waals surface area contributed by atoms with Crippen LogP contribution in [0.2, 0.25) is 5.02 Å². The van der Waals surface area contributed by atoms with Crippen molar-refractivity contribution in [2.75, 3.05) is 6.61 Å². The van der Waals surface area contributed by atoms with Gasteiger partial charge in [0.15, 0.2) is 6.61 Å². The number of nitrogens with zero attached hydrogens (tertiary/aromatic N) is 1. The van der Waals surface area contributed by atoms with E-state index in [0.29, 0.717) is 5.02 Å². The van der Waals surface area contributed by atoms with E-state index in [1.54, 1.807) is 4.90 Å². The van der Waals surface area contributed by atoms with Crippen LogP contribution in [0.1, 0.15) is 38.1 Å². The molecule has 5 nitrogen and oxygen atoms in total. The van der Waals surface area contributed by atoms with E-state index in [-0.39, 0.29) is 35.9 Å². The van der Waals surface area contributed by atoms with E-state index in [4.69, 9.17) is 21.4 Å². The molecule has 0 radical (unpaired) electrons. The van der Waals surface area contributed by atoms with Gasteiger partial charge >= 0.3 is 5.97 Å². The minimum atomic E-state index is -1.13. The molecule has 0 spiro atoms. The van der Waals surface area contributed by atoms with Crippen molar-refractivity contribution in [3.8, 4) is 5.75 Å². The van der Waals surface area contributed by atoms with Crippen LogP contribution < -0.4 is 4.74 Å². The number of halogens is 1. The molecule has 1 aromatic rings. The Bertz CT molecular complexity index is 520. The molecule has 116 valence electrons. The lowest BCUT2D eigenvalue weighted by molar-refractivity contribution is -0.137. The number of ether oxygens (including phenoxy) is 1. The van der Waals surface area contributed by atoms with Crippen LogP contribution in [0.15, 0.2) is 18.2 Å². The van der Waals surface area contributed by atoms with Crippen molar-refractivity contribution in [2.45, 2.75) is 39.8 Å². The highest BCUT2D eigenvalue weighted by atomic mass is 35.5. The van der Waals surface area contributed by atoms with Crippen LogP contribution in [0.5, 0.6) is 5.75 Å². The Morgan fingerprint density at radius 2 is 1.81 bits per heavy atom. The van der Waals surface area contributed by atoms with Gasteiger partial charge in [-0.2, -0.15) is 0 Å². The van der Waals surface area contributed by atoms with Crippen LogP contribution in [-0.4, -0.2) is 40.6 Å². The van der Waals surface area contributed by atoms with Crippen LogP contribution >= 0.6 is 11.6 Å². The molecule has 0 unspecified atom stereocenters. The Balaban J connectivity index is 2.86. The molecule has 6 heteroatoms. The number of benzene rings is 1. The zero-order valence-electron chi connectivity index (χ0n) is 12.6. The molecule has 1 aromatic carbocycles. The van der Waals surface area contributed by atoms with Crippen LogP contribution in [-0.2, 0) is 4.79 Å². The van der Waals surface area contributed by atoms with E-state index >= 15 is 0 Å². The molecule has 0 aliphatic rings. The molecule has 0 heterocycles. The predicted molar refractivity (Wildman–Crippen MR) is 81.0 cm³/mol. The van der Waals surface area contributed by atoms with Crippen molar-refractivity contribution in [1.82, 2.24) is 4.90 Å². The minimum absolute atomic E-state index is 0.0205. The first-order valence-electron chi connectivity index (χ1n) is 6.70. The quantitative estimate of drug-likeness (QED) is 0.876. The van der Waals surface area contributed by atoms with E-state index < -0.39 is 5.97 Å². The van der Waals surface area contributed by atoms with Crippen molar-refractivity contribution in [2.24, 2.45) is 0 Å². The fraction of sp³-hybridized carbons (Fsp3) is 0.467. The number of rotatable bonds is 6. The van der Waals surface area contributed by atoms with Crippen molar-refractivity contribution in [3.05, 3.63) is 28.8 Å². The molecule has 1 amide bonds. The van der Waals surface area contributed by atoms with Crippen molar-refractivity contribution >= 4 is 23.5 Å². The van der Waals surface area contributed by atoms with Gasteiger partial charge in [-0.1, -0.05) is 11.6 Å². The molecule has 0 aliphatic carbocycles. The molecule has 0 saturated carbocycles. The lowest BCUT2D eigenvalue weighted by atomic mass is 10.2. The summed E-state index contributed by atoms with van der Waals surface area (Å²) in [7, 11) is 0. The Kier molecular flexibility index (Phi) is 6.03. The first-order chi connectivity index (χ1) is 9.73. The maximum Gasteiger partial charge on any atom is 0.339 e. The second-order valence-electron chi connectivity index (χ2n) is 5.22. The van der Waals surface area contributed by atoms with E-state index in [2.05, 4.69) is 0 Å². The summed E-state index contributed by atoms with van der Waals surface area (Å²) in [6, 6.07) is 4.30. The van der Waals surface area contributed by atoms with Crippen molar-refractivity contribution in [1.29, 1.82) is 0 Å². The average Bonchev–Trinajstić information content (AvgIpc) is 2.35. The zero-order chi connectivity index (χ0) is 16.2. The molecule has 1 N–H and O–H groups in total. The van der Waals surface area contributed by atoms with Crippen LogP contribution in [0.25, 0.3) is 0 Å². The number of aromatic carboxylic acids is 1. The Morgan fingerprint density at radius 1 is 1.24 bits per heavy atom. The predicted octanol–water partition coefficient (Wildman–Crippen LogP) is 3.06. The molecule has 0 aliphatic heterocycles. The van der Waals surface area contributed by atoms with Gasteiger partial charge in [0.2, 0.25) is 0 Å². The summed E-state index contributed by atoms with van der Waals surface area (Å²) in [6.45, 7) is 7.44. The highest BCUT2D eigenvalue weighted by molar-refractivity contribution is 6.30. The largest absolute Gasteiger partial charge is 0.483 e. The molecule has 0 atom stereocenters. The number of carboxylic acids is 1. The zero-order valence-corrected chi connectivity index (χ0v) is 13.3. The monoisotopic (exact) mass is 313 g/mol. The molecule has 21 heavy (non-hydrogen) atoms. The van der Waals surface area contributed by atoms with E-state index in [0.717, 1.165) is 0 Å². The van der Waals surface area contributed by atoms with Gasteiger partial charge in [-0.3, -0.25) is 4.79 Å². The summed E-state index contributed by atoms with van der Waals surface area (Å²) >= 11 is 5.83. The smallest absolute Gasteiger partial charge is 0.339 e. The Morgan fingerprint density at radius 3 is 2.29 bits per heavy atom. The first-order valence-corrected chi connectivity index (χ1v) is 7.08. The van der Waals surface area contributed by atoms with Crippen molar-refractivity contribution < 1.29 is 19.4 Å². The third kappa shape index (κ3) is 4.63. The number of hydrogen-bond acceptors (Lipinski definition) is 3. The minimum Gasteiger partial charge on any atom is -0.483 e. The number of carbonyl (C=O) groups excluding carboxylic acids is 1. The molecule has 1 rings (SSSR count). The van der Waals surface area contributed by atoms with Gasteiger partial charge in [0.25, 0.3) is 5.91 Å². The first kappa shape index (κ1) is 17.3. The van der Waals surface area contributed by atoms with Gasteiger partial charge in [0.05, 0.1) is 0 Å². The topological polar surface area (TPSA) is 66.8 Å². The van der Waals surface area contributed by atoms with Crippen LogP contribution in [0, 0.1) is 0 Å². The third-order valence-corrected chi connectivity index (χ3v) is 3.16. The molecule has 0 aromatic heterocycles. The van der Waals surface area contributed by atoms with E-state index in [1.165, 1.54) is 18.2 Å². The maximum absolute atomic E-state index is 12.2. The van der Waals surface area contributed by atoms with Crippen LogP contribution in [0.4, 0.5) is 0 Å². The van der Waals surface area contributed by atoms with Gasteiger partial charge in [-0.05, 0) is 45.9 Å². The maximum atomic E-state index is 12.2. The fourth-order valence-corrected chi connectivity index (χ4v) is 2.34. The van der Waals surface area contributed by atoms with Gasteiger partial charge < -0.3 is 14.7 Å². The fourth-order valence-electron chi connectivity index (χ4n) is 2.18. The summed E-state index contributed by atoms with van der Waals surface area (Å²) in [5, 5.41) is 9.44. The highest BCUT2D eigenvalue weighted by Gasteiger charge is 2.21. The lowest BCUT2D eigenvalue weighted by Crippen LogP contribution is -2.44. The standard InChI is InChI=1S/C15H20ClNO4/c1-9(2)17(10(3)4)14(18)8-21-13-7-11(16)5-6-12(13)15(19)20/h5-7,9-10H,8H2,1-4H3,(H,19,20). The van der Waals surface area contributed by atoms with Crippen LogP contribution in [0.3, 0.4) is 0 Å². The Hall–Kier alpha value is -1.75. The van der Waals surface area contributed by atoms with Gasteiger partial charge in [-0.25, -0.2) is 4.79 Å². The van der Waals surface area contributed by atoms with Crippen molar-refractivity contribution in [3.63, 3.8) is 0 Å². The van der Waals surface area contributed by atoms with E-state index in [1.807, 2.05) is 27.7 Å². The van der Waals surface area contributed by atoms with E-state index in [9.17, 15) is 9.59 Å². The summed E-state index contributed by atoms with van der Waals surface area (Å²) in [6.07, 6.45) is 0. The Labute approximate surface area is 129 Å². The molecule has 0 fully saturated rings. The number of hydrogen-bond donors (Lipinski definition) is 1. The highest BCUT2D eigenvalue weighted by Crippen LogP contribution is 2.23. The number of carbonyl (C=O) groups is 2. The average molecular weight is 314 g/mol. The molecular formula is C15H20ClNO4. The van der Waals surface area contributed by atoms with Gasteiger partial charge in [0.1, 0.15) is 11.3 Å². The number of amides is 1. The van der Waals surface area contributed by atoms with Gasteiger partial charge in [-0.15, -0.1) is 0 Å². The summed E-state index contributed by atoms with van der Waals surface area (Å²) < 4.78 is 5.37. The second kappa shape index (κ2) is 7.31. The lowest BCUT2D eigenvalue weighted by Gasteiger charge is -2.30. The molecular weight excluding hydrogens is 294 g/mol. The second-order valence-corrected chi connectivity index (χ2v) is 5.66. The van der Waals surface area contributed by atoms with Gasteiger partial charge in [0, 0.05) is 17.1 Å².